The number of aromatic nitrogens is 1. The van der Waals surface area contributed by atoms with E-state index in [1.165, 1.54) is 0 Å². The average molecular weight is 209 g/mol. The number of hydrogen-bond donors (Lipinski definition) is 0. The standard InChI is InChI=1S/C11H15NOS/c1-9-4-5-10(12-6-9)14-8-11(2,3)7-13/h4-7H,8H2,1-3H3. The number of rotatable bonds is 4. The van der Waals surface area contributed by atoms with Crippen molar-refractivity contribution >= 4 is 18.0 Å². The molecule has 1 heterocycles. The summed E-state index contributed by atoms with van der Waals surface area (Å²) in [5.74, 6) is 0.770. The maximum Gasteiger partial charge on any atom is 0.126 e. The smallest absolute Gasteiger partial charge is 0.126 e. The molecule has 0 saturated carbocycles. The predicted octanol–water partition coefficient (Wildman–Crippen LogP) is 2.71. The Morgan fingerprint density at radius 1 is 1.50 bits per heavy atom. The molecule has 0 unspecified atom stereocenters. The van der Waals surface area contributed by atoms with Gasteiger partial charge in [-0.15, -0.1) is 11.8 Å². The number of thioether (sulfide) groups is 1. The summed E-state index contributed by atoms with van der Waals surface area (Å²) in [4.78, 5) is 14.9. The molecule has 1 aromatic rings. The van der Waals surface area contributed by atoms with Gasteiger partial charge >= 0.3 is 0 Å². The number of aldehydes is 1. The Morgan fingerprint density at radius 3 is 2.71 bits per heavy atom. The van der Waals surface area contributed by atoms with Crippen molar-refractivity contribution in [2.45, 2.75) is 25.8 Å². The second kappa shape index (κ2) is 4.60. The fraction of sp³-hybridized carbons (Fsp3) is 0.455. The fourth-order valence-electron chi connectivity index (χ4n) is 0.834. The van der Waals surface area contributed by atoms with Gasteiger partial charge < -0.3 is 4.79 Å². The molecule has 0 spiro atoms. The van der Waals surface area contributed by atoms with Crippen molar-refractivity contribution in [2.75, 3.05) is 5.75 Å². The van der Waals surface area contributed by atoms with Crippen molar-refractivity contribution in [3.8, 4) is 0 Å². The third kappa shape index (κ3) is 3.50. The first kappa shape index (κ1) is 11.2. The average Bonchev–Trinajstić information content (AvgIpc) is 2.17. The van der Waals surface area contributed by atoms with Gasteiger partial charge in [0.1, 0.15) is 6.29 Å². The molecule has 3 heteroatoms. The molecule has 0 saturated heterocycles. The Kier molecular flexibility index (Phi) is 3.69. The zero-order valence-electron chi connectivity index (χ0n) is 8.78. The van der Waals surface area contributed by atoms with Crippen LogP contribution in [0.25, 0.3) is 0 Å². The summed E-state index contributed by atoms with van der Waals surface area (Å²) in [6, 6.07) is 4.02. The molecule has 0 bridgehead atoms. The van der Waals surface area contributed by atoms with Gasteiger partial charge in [0.05, 0.1) is 5.03 Å². The van der Waals surface area contributed by atoms with E-state index in [0.717, 1.165) is 22.6 Å². The van der Waals surface area contributed by atoms with E-state index in [1.54, 1.807) is 11.8 Å². The van der Waals surface area contributed by atoms with E-state index in [2.05, 4.69) is 4.98 Å². The minimum atomic E-state index is -0.267. The Hall–Kier alpha value is -0.830. The molecule has 0 radical (unpaired) electrons. The summed E-state index contributed by atoms with van der Waals surface area (Å²) < 4.78 is 0. The second-order valence-electron chi connectivity index (χ2n) is 4.07. The van der Waals surface area contributed by atoms with E-state index in [1.807, 2.05) is 39.1 Å². The van der Waals surface area contributed by atoms with E-state index < -0.39 is 0 Å². The Bertz CT molecular complexity index is 306. The molecule has 1 rings (SSSR count). The van der Waals surface area contributed by atoms with Crippen molar-refractivity contribution in [1.82, 2.24) is 4.98 Å². The van der Waals surface area contributed by atoms with Gasteiger partial charge in [-0.2, -0.15) is 0 Å². The van der Waals surface area contributed by atoms with Crippen LogP contribution < -0.4 is 0 Å². The van der Waals surface area contributed by atoms with Crippen LogP contribution in [0.4, 0.5) is 0 Å². The van der Waals surface area contributed by atoms with Crippen LogP contribution in [-0.2, 0) is 4.79 Å². The summed E-state index contributed by atoms with van der Waals surface area (Å²) in [7, 11) is 0. The highest BCUT2D eigenvalue weighted by atomic mass is 32.2. The van der Waals surface area contributed by atoms with Gasteiger partial charge in [0, 0.05) is 17.4 Å². The number of carbonyl (C=O) groups is 1. The SMILES string of the molecule is Cc1ccc(SCC(C)(C)C=O)nc1. The Labute approximate surface area is 89.1 Å². The summed E-state index contributed by atoms with van der Waals surface area (Å²) in [6.07, 6.45) is 2.84. The van der Waals surface area contributed by atoms with Crippen LogP contribution in [0.2, 0.25) is 0 Å². The van der Waals surface area contributed by atoms with Gasteiger partial charge in [-0.3, -0.25) is 0 Å². The molecule has 2 nitrogen and oxygen atoms in total. The largest absolute Gasteiger partial charge is 0.303 e. The van der Waals surface area contributed by atoms with E-state index >= 15 is 0 Å². The Balaban J connectivity index is 2.54. The minimum absolute atomic E-state index is 0.267. The third-order valence-electron chi connectivity index (χ3n) is 1.80. The normalized spacial score (nSPS) is 11.4. The monoisotopic (exact) mass is 209 g/mol. The van der Waals surface area contributed by atoms with E-state index in [-0.39, 0.29) is 5.41 Å². The number of pyridine rings is 1. The quantitative estimate of drug-likeness (QED) is 0.564. The van der Waals surface area contributed by atoms with Crippen LogP contribution in [0.5, 0.6) is 0 Å². The number of hydrogen-bond acceptors (Lipinski definition) is 3. The van der Waals surface area contributed by atoms with Gasteiger partial charge in [-0.05, 0) is 18.6 Å². The number of nitrogens with zero attached hydrogens (tertiary/aromatic N) is 1. The Morgan fingerprint density at radius 2 is 2.21 bits per heavy atom. The van der Waals surface area contributed by atoms with Crippen molar-refractivity contribution in [2.24, 2.45) is 5.41 Å². The molecule has 0 fully saturated rings. The summed E-state index contributed by atoms with van der Waals surface area (Å²) >= 11 is 1.62. The van der Waals surface area contributed by atoms with Crippen molar-refractivity contribution in [3.63, 3.8) is 0 Å². The summed E-state index contributed by atoms with van der Waals surface area (Å²) in [5.41, 5.74) is 0.890. The molecule has 0 aliphatic heterocycles. The van der Waals surface area contributed by atoms with Crippen molar-refractivity contribution < 1.29 is 4.79 Å². The molecular weight excluding hydrogens is 194 g/mol. The van der Waals surface area contributed by atoms with Gasteiger partial charge in [0.25, 0.3) is 0 Å². The van der Waals surface area contributed by atoms with Crippen LogP contribution in [0, 0.1) is 12.3 Å². The van der Waals surface area contributed by atoms with Crippen molar-refractivity contribution in [3.05, 3.63) is 23.9 Å². The number of carbonyl (C=O) groups excluding carboxylic acids is 1. The van der Waals surface area contributed by atoms with E-state index in [4.69, 9.17) is 0 Å². The highest BCUT2D eigenvalue weighted by molar-refractivity contribution is 7.99. The first-order valence-electron chi connectivity index (χ1n) is 4.55. The molecular formula is C11H15NOS. The predicted molar refractivity (Wildman–Crippen MR) is 59.5 cm³/mol. The lowest BCUT2D eigenvalue weighted by Crippen LogP contribution is -2.15. The lowest BCUT2D eigenvalue weighted by atomic mass is 10.00. The van der Waals surface area contributed by atoms with Gasteiger partial charge in [0.2, 0.25) is 0 Å². The fourth-order valence-corrected chi connectivity index (χ4v) is 1.71. The lowest BCUT2D eigenvalue weighted by Gasteiger charge is -2.14. The molecule has 0 atom stereocenters. The molecule has 0 aliphatic rings. The van der Waals surface area contributed by atoms with Crippen LogP contribution in [0.3, 0.4) is 0 Å². The first-order chi connectivity index (χ1) is 6.53. The van der Waals surface area contributed by atoms with Gasteiger partial charge in [0.15, 0.2) is 0 Å². The molecule has 14 heavy (non-hydrogen) atoms. The van der Waals surface area contributed by atoms with Crippen molar-refractivity contribution in [1.29, 1.82) is 0 Å². The molecule has 76 valence electrons. The second-order valence-corrected chi connectivity index (χ2v) is 5.06. The zero-order chi connectivity index (χ0) is 10.6. The highest BCUT2D eigenvalue weighted by Crippen LogP contribution is 2.24. The summed E-state index contributed by atoms with van der Waals surface area (Å²) in [5, 5.41) is 0.977. The zero-order valence-corrected chi connectivity index (χ0v) is 9.60. The topological polar surface area (TPSA) is 30.0 Å². The molecule has 0 amide bonds. The molecule has 0 aliphatic carbocycles. The van der Waals surface area contributed by atoms with Crippen LogP contribution >= 0.6 is 11.8 Å². The summed E-state index contributed by atoms with van der Waals surface area (Å²) in [6.45, 7) is 5.87. The maximum absolute atomic E-state index is 10.7. The van der Waals surface area contributed by atoms with Crippen LogP contribution in [0.15, 0.2) is 23.4 Å². The molecule has 0 N–H and O–H groups in total. The highest BCUT2D eigenvalue weighted by Gasteiger charge is 2.16. The maximum atomic E-state index is 10.7. The third-order valence-corrected chi connectivity index (χ3v) is 3.22. The van der Waals surface area contributed by atoms with Crippen LogP contribution in [-0.4, -0.2) is 17.0 Å². The molecule has 1 aromatic heterocycles. The lowest BCUT2D eigenvalue weighted by molar-refractivity contribution is -0.113. The van der Waals surface area contributed by atoms with Gasteiger partial charge in [-0.1, -0.05) is 19.9 Å². The van der Waals surface area contributed by atoms with E-state index in [0.29, 0.717) is 0 Å². The minimum Gasteiger partial charge on any atom is -0.303 e. The van der Waals surface area contributed by atoms with Gasteiger partial charge in [-0.25, -0.2) is 4.98 Å². The molecule has 0 aromatic carbocycles. The van der Waals surface area contributed by atoms with Crippen LogP contribution in [0.1, 0.15) is 19.4 Å². The first-order valence-corrected chi connectivity index (χ1v) is 5.54. The van der Waals surface area contributed by atoms with E-state index in [9.17, 15) is 4.79 Å². The number of aryl methyl sites for hydroxylation is 1.